The molecule has 0 saturated carbocycles. The number of hydroxylamine groups is 2. The molecule has 1 heterocycles. The molecule has 1 aliphatic heterocycles. The topological polar surface area (TPSA) is 52.9 Å². The Balaban J connectivity index is 2.15. The molecule has 0 bridgehead atoms. The highest BCUT2D eigenvalue weighted by Gasteiger charge is 2.41. The summed E-state index contributed by atoms with van der Waals surface area (Å²) >= 11 is 0. The van der Waals surface area contributed by atoms with Crippen molar-refractivity contribution in [1.29, 1.82) is 0 Å². The fourth-order valence-corrected chi connectivity index (χ4v) is 2.49. The number of rotatable bonds is 1. The molecule has 1 aromatic carbocycles. The number of aliphatic imine (C=N–C) groups is 1. The van der Waals surface area contributed by atoms with E-state index in [1.54, 1.807) is 18.2 Å². The van der Waals surface area contributed by atoms with Crippen LogP contribution in [0.2, 0.25) is 0 Å². The lowest BCUT2D eigenvalue weighted by atomic mass is 9.93. The average Bonchev–Trinajstić information content (AvgIpc) is 2.72. The number of nitrogens with zero attached hydrogens (tertiary/aromatic N) is 2. The zero-order valence-corrected chi connectivity index (χ0v) is 11.9. The molecule has 0 unspecified atom stereocenters. The van der Waals surface area contributed by atoms with E-state index < -0.39 is 5.54 Å². The molecule has 0 fully saturated rings. The van der Waals surface area contributed by atoms with Gasteiger partial charge in [-0.25, -0.2) is 10.1 Å². The zero-order valence-electron chi connectivity index (χ0n) is 11.9. The second-order valence-corrected chi connectivity index (χ2v) is 5.52. The maximum atomic E-state index is 12.0. The number of carbonyl (C=O) groups excluding carboxylic acids is 1. The molecule has 4 nitrogen and oxygen atoms in total. The van der Waals surface area contributed by atoms with Crippen LogP contribution < -0.4 is 0 Å². The molecule has 4 heteroatoms. The van der Waals surface area contributed by atoms with Gasteiger partial charge in [-0.3, -0.25) is 10.0 Å². The predicted octanol–water partition coefficient (Wildman–Crippen LogP) is 2.87. The number of carbonyl (C=O) groups is 1. The fraction of sp³-hybridized carbons (Fsp3) is 0.176. The van der Waals surface area contributed by atoms with Crippen LogP contribution in [0.1, 0.15) is 19.4 Å². The summed E-state index contributed by atoms with van der Waals surface area (Å²) in [7, 11) is 0. The Hall–Kier alpha value is -2.46. The average molecular weight is 280 g/mol. The predicted molar refractivity (Wildman–Crippen MR) is 81.0 cm³/mol. The van der Waals surface area contributed by atoms with Gasteiger partial charge < -0.3 is 0 Å². The van der Waals surface area contributed by atoms with Crippen LogP contribution in [0, 0.1) is 0 Å². The van der Waals surface area contributed by atoms with Crippen molar-refractivity contribution in [3.63, 3.8) is 0 Å². The van der Waals surface area contributed by atoms with Crippen LogP contribution in [0.25, 0.3) is 0 Å². The summed E-state index contributed by atoms with van der Waals surface area (Å²) in [6.07, 6.45) is 6.59. The lowest BCUT2D eigenvalue weighted by Gasteiger charge is -2.29. The summed E-state index contributed by atoms with van der Waals surface area (Å²) in [4.78, 5) is 16.5. The number of allylic oxidation sites excluding steroid dienone is 5. The second-order valence-electron chi connectivity index (χ2n) is 5.52. The fourth-order valence-electron chi connectivity index (χ4n) is 2.49. The first kappa shape index (κ1) is 13.5. The lowest BCUT2D eigenvalue weighted by Crippen LogP contribution is -2.43. The van der Waals surface area contributed by atoms with Gasteiger partial charge in [0.2, 0.25) is 0 Å². The maximum absolute atomic E-state index is 12.0. The third-order valence-corrected chi connectivity index (χ3v) is 3.70. The van der Waals surface area contributed by atoms with Crippen molar-refractivity contribution >= 4 is 11.5 Å². The van der Waals surface area contributed by atoms with Gasteiger partial charge in [0.05, 0.1) is 11.3 Å². The highest BCUT2D eigenvalue weighted by molar-refractivity contribution is 6.12. The summed E-state index contributed by atoms with van der Waals surface area (Å²) in [6.45, 7) is 3.75. The molecule has 1 aromatic rings. The molecule has 3 rings (SSSR count). The van der Waals surface area contributed by atoms with Crippen LogP contribution in [-0.4, -0.2) is 27.3 Å². The number of hydrogen-bond donors (Lipinski definition) is 1. The van der Waals surface area contributed by atoms with Crippen LogP contribution >= 0.6 is 0 Å². The first-order chi connectivity index (χ1) is 10.0. The van der Waals surface area contributed by atoms with Crippen molar-refractivity contribution in [2.75, 3.05) is 0 Å². The molecule has 0 radical (unpaired) electrons. The van der Waals surface area contributed by atoms with E-state index in [0.717, 1.165) is 16.3 Å². The Kier molecular flexibility index (Phi) is 3.11. The van der Waals surface area contributed by atoms with E-state index in [2.05, 4.69) is 4.99 Å². The van der Waals surface area contributed by atoms with E-state index >= 15 is 0 Å². The van der Waals surface area contributed by atoms with Crippen LogP contribution in [0.5, 0.6) is 0 Å². The third-order valence-electron chi connectivity index (χ3n) is 3.70. The van der Waals surface area contributed by atoms with Gasteiger partial charge in [-0.05, 0) is 31.6 Å². The molecule has 2 aliphatic rings. The van der Waals surface area contributed by atoms with Crippen LogP contribution in [-0.2, 0) is 4.79 Å². The van der Waals surface area contributed by atoms with E-state index in [1.807, 2.05) is 44.2 Å². The van der Waals surface area contributed by atoms with Gasteiger partial charge in [0, 0.05) is 0 Å². The van der Waals surface area contributed by atoms with E-state index in [4.69, 9.17) is 0 Å². The van der Waals surface area contributed by atoms with Crippen LogP contribution in [0.4, 0.5) is 0 Å². The van der Waals surface area contributed by atoms with Gasteiger partial charge in [-0.15, -0.1) is 0 Å². The van der Waals surface area contributed by atoms with Crippen molar-refractivity contribution in [2.45, 2.75) is 19.4 Å². The molecular formula is C17H16N2O2. The Labute approximate surface area is 123 Å². The minimum absolute atomic E-state index is 0.152. The number of ketones is 1. The molecule has 21 heavy (non-hydrogen) atoms. The number of benzene rings is 1. The van der Waals surface area contributed by atoms with E-state index in [-0.39, 0.29) is 5.78 Å². The van der Waals surface area contributed by atoms with E-state index in [0.29, 0.717) is 11.4 Å². The molecule has 0 atom stereocenters. The summed E-state index contributed by atoms with van der Waals surface area (Å²) in [6, 6.07) is 9.67. The summed E-state index contributed by atoms with van der Waals surface area (Å²) in [5.74, 6) is 0.143. The smallest absolute Gasteiger partial charge is 0.189 e. The maximum Gasteiger partial charge on any atom is 0.189 e. The highest BCUT2D eigenvalue weighted by atomic mass is 16.5. The Morgan fingerprint density at radius 3 is 2.43 bits per heavy atom. The lowest BCUT2D eigenvalue weighted by molar-refractivity contribution is -0.113. The van der Waals surface area contributed by atoms with Crippen molar-refractivity contribution in [1.82, 2.24) is 5.06 Å². The van der Waals surface area contributed by atoms with Gasteiger partial charge in [0.15, 0.2) is 11.6 Å². The SMILES string of the molecule is CC1(C)C(c2ccccc2)=N/C(=C2/C=CC=CC2=O)N1O. The Morgan fingerprint density at radius 2 is 1.76 bits per heavy atom. The second kappa shape index (κ2) is 4.82. The minimum Gasteiger partial charge on any atom is -0.289 e. The van der Waals surface area contributed by atoms with Gasteiger partial charge in [-0.1, -0.05) is 42.5 Å². The quantitative estimate of drug-likeness (QED) is 0.805. The largest absolute Gasteiger partial charge is 0.289 e. The molecule has 0 saturated heterocycles. The van der Waals surface area contributed by atoms with Crippen molar-refractivity contribution in [2.24, 2.45) is 4.99 Å². The van der Waals surface area contributed by atoms with Crippen LogP contribution in [0.15, 0.2) is 71.0 Å². The molecular weight excluding hydrogens is 264 g/mol. The first-order valence-corrected chi connectivity index (χ1v) is 6.79. The minimum atomic E-state index is -0.695. The van der Waals surface area contributed by atoms with Crippen molar-refractivity contribution < 1.29 is 10.0 Å². The van der Waals surface area contributed by atoms with Gasteiger partial charge >= 0.3 is 0 Å². The van der Waals surface area contributed by atoms with Gasteiger partial charge in [0.25, 0.3) is 0 Å². The molecule has 0 spiro atoms. The van der Waals surface area contributed by atoms with E-state index in [9.17, 15) is 10.0 Å². The Bertz CT molecular complexity index is 710. The van der Waals surface area contributed by atoms with E-state index in [1.165, 1.54) is 6.08 Å². The zero-order chi connectivity index (χ0) is 15.0. The molecule has 0 amide bonds. The van der Waals surface area contributed by atoms with Crippen molar-refractivity contribution in [3.05, 3.63) is 71.6 Å². The highest BCUT2D eigenvalue weighted by Crippen LogP contribution is 2.34. The monoisotopic (exact) mass is 280 g/mol. The number of hydrogen-bond acceptors (Lipinski definition) is 4. The molecule has 1 N–H and O–H groups in total. The molecule has 1 aliphatic carbocycles. The Morgan fingerprint density at radius 1 is 1.10 bits per heavy atom. The first-order valence-electron chi connectivity index (χ1n) is 6.79. The third kappa shape index (κ3) is 2.14. The van der Waals surface area contributed by atoms with Gasteiger partial charge in [-0.2, -0.15) is 0 Å². The van der Waals surface area contributed by atoms with Gasteiger partial charge in [0.1, 0.15) is 5.54 Å². The standard InChI is InChI=1S/C17H16N2O2/c1-17(2)15(12-8-4-3-5-9-12)18-16(19(17)21)13-10-6-7-11-14(13)20/h3-11,21H,1-2H3/b16-13+. The summed E-state index contributed by atoms with van der Waals surface area (Å²) in [5, 5.41) is 11.5. The van der Waals surface area contributed by atoms with Crippen LogP contribution in [0.3, 0.4) is 0 Å². The van der Waals surface area contributed by atoms with Crippen molar-refractivity contribution in [3.8, 4) is 0 Å². The normalized spacial score (nSPS) is 23.7. The summed E-state index contributed by atoms with van der Waals surface area (Å²) in [5.41, 5.74) is 1.38. The molecule has 106 valence electrons. The molecule has 0 aromatic heterocycles. The summed E-state index contributed by atoms with van der Waals surface area (Å²) < 4.78 is 0.